The van der Waals surface area contributed by atoms with E-state index in [-0.39, 0.29) is 0 Å². The molecule has 0 amide bonds. The molecule has 4 aromatic rings. The zero-order valence-electron chi connectivity index (χ0n) is 21.1. The maximum absolute atomic E-state index is 4.36. The summed E-state index contributed by atoms with van der Waals surface area (Å²) in [4.78, 5) is 19.4. The van der Waals surface area contributed by atoms with Gasteiger partial charge in [0.2, 0.25) is 0 Å². The van der Waals surface area contributed by atoms with E-state index in [1.54, 1.807) is 0 Å². The van der Waals surface area contributed by atoms with E-state index in [1.165, 1.54) is 22.3 Å². The van der Waals surface area contributed by atoms with Crippen LogP contribution in [0, 0.1) is 0 Å². The van der Waals surface area contributed by atoms with Crippen LogP contribution in [0.15, 0.2) is 73.3 Å². The molecule has 8 heteroatoms. The molecule has 36 heavy (non-hydrogen) atoms. The average molecular weight is 678 g/mol. The fourth-order valence-corrected chi connectivity index (χ4v) is 3.97. The van der Waals surface area contributed by atoms with Crippen molar-refractivity contribution >= 4 is 47.8 Å². The highest BCUT2D eigenvalue weighted by Gasteiger charge is 2.04. The molecule has 0 spiro atoms. The Hall–Kier alpha value is -2.00. The molecule has 0 N–H and O–H groups in total. The molecule has 0 fully saturated rings. The van der Waals surface area contributed by atoms with E-state index in [0.717, 1.165) is 45.2 Å². The smallest absolute Gasteiger partial charge is 0.0889 e. The molecule has 0 radical (unpaired) electrons. The van der Waals surface area contributed by atoms with Gasteiger partial charge in [0.25, 0.3) is 0 Å². The molecule has 0 aromatic carbocycles. The highest BCUT2D eigenvalue weighted by molar-refractivity contribution is 9.09. The maximum Gasteiger partial charge on any atom is 0.0889 e. The lowest BCUT2D eigenvalue weighted by molar-refractivity contribution is 0.505. The van der Waals surface area contributed by atoms with Crippen LogP contribution in [0.3, 0.4) is 0 Å². The number of rotatable bonds is 6. The maximum atomic E-state index is 4.36. The number of halogens is 3. The van der Waals surface area contributed by atoms with Gasteiger partial charge in [-0.2, -0.15) is 0 Å². The molecule has 0 saturated carbocycles. The van der Waals surface area contributed by atoms with Crippen LogP contribution >= 0.6 is 47.8 Å². The molecule has 0 saturated heterocycles. The Morgan fingerprint density at radius 2 is 0.778 bits per heavy atom. The Labute approximate surface area is 240 Å². The predicted octanol–water partition coefficient (Wildman–Crippen LogP) is 7.71. The monoisotopic (exact) mass is 675 g/mol. The molecule has 4 rings (SSSR count). The second-order valence-corrected chi connectivity index (χ2v) is 9.98. The van der Waals surface area contributed by atoms with Crippen LogP contribution in [0.5, 0.6) is 0 Å². The van der Waals surface area contributed by atoms with Crippen molar-refractivity contribution in [3.05, 3.63) is 95.6 Å². The Balaban J connectivity index is 0.000000221. The third-order valence-electron chi connectivity index (χ3n) is 4.69. The first-order valence-electron chi connectivity index (χ1n) is 11.5. The summed E-state index contributed by atoms with van der Waals surface area (Å²) in [5.41, 5.74) is 8.63. The SMILES string of the molecule is BrCc1ccnc(-c2cc(CBr)ccn2)c1.CCc1ccnc(-c2cc(CBr)ccn2)c1.CN(C)C. The van der Waals surface area contributed by atoms with Crippen molar-refractivity contribution < 1.29 is 0 Å². The lowest BCUT2D eigenvalue weighted by atomic mass is 10.1. The fraction of sp³-hybridized carbons (Fsp3) is 0.286. The van der Waals surface area contributed by atoms with Gasteiger partial charge in [-0.25, -0.2) is 0 Å². The van der Waals surface area contributed by atoms with Gasteiger partial charge in [-0.15, -0.1) is 0 Å². The summed E-state index contributed by atoms with van der Waals surface area (Å²) in [6.07, 6.45) is 8.32. The molecular formula is C28H32Br3N5. The summed E-state index contributed by atoms with van der Waals surface area (Å²) >= 11 is 10.3. The van der Waals surface area contributed by atoms with Gasteiger partial charge in [-0.1, -0.05) is 54.7 Å². The third-order valence-corrected chi connectivity index (χ3v) is 6.64. The number of aromatic nitrogens is 4. The fourth-order valence-electron chi connectivity index (χ4n) is 2.93. The second-order valence-electron chi connectivity index (χ2n) is 8.29. The van der Waals surface area contributed by atoms with Gasteiger partial charge in [0, 0.05) is 40.8 Å². The van der Waals surface area contributed by atoms with Crippen LogP contribution in [0.4, 0.5) is 0 Å². The highest BCUT2D eigenvalue weighted by atomic mass is 79.9. The third kappa shape index (κ3) is 10.5. The van der Waals surface area contributed by atoms with Crippen molar-refractivity contribution in [2.24, 2.45) is 0 Å². The van der Waals surface area contributed by atoms with Crippen molar-refractivity contribution in [2.75, 3.05) is 21.1 Å². The molecule has 0 aliphatic rings. The Kier molecular flexibility index (Phi) is 14.0. The zero-order chi connectivity index (χ0) is 26.3. The first-order valence-corrected chi connectivity index (χ1v) is 14.9. The normalized spacial score (nSPS) is 10.2. The van der Waals surface area contributed by atoms with Gasteiger partial charge in [-0.3, -0.25) is 19.9 Å². The molecule has 0 aliphatic heterocycles. The lowest BCUT2D eigenvalue weighted by Crippen LogP contribution is -1.99. The van der Waals surface area contributed by atoms with Crippen LogP contribution in [0.25, 0.3) is 22.8 Å². The van der Waals surface area contributed by atoms with E-state index in [9.17, 15) is 0 Å². The molecule has 0 atom stereocenters. The van der Waals surface area contributed by atoms with Gasteiger partial charge >= 0.3 is 0 Å². The molecule has 0 aliphatic carbocycles. The molecule has 0 bridgehead atoms. The molecule has 5 nitrogen and oxygen atoms in total. The zero-order valence-corrected chi connectivity index (χ0v) is 25.9. The van der Waals surface area contributed by atoms with E-state index < -0.39 is 0 Å². The highest BCUT2D eigenvalue weighted by Crippen LogP contribution is 2.19. The van der Waals surface area contributed by atoms with Gasteiger partial charge in [0.1, 0.15) is 0 Å². The minimum absolute atomic E-state index is 0.834. The Morgan fingerprint density at radius 3 is 1.03 bits per heavy atom. The summed E-state index contributed by atoms with van der Waals surface area (Å²) in [6, 6.07) is 16.3. The first kappa shape index (κ1) is 30.2. The summed E-state index contributed by atoms with van der Waals surface area (Å²) in [7, 11) is 6.00. The lowest BCUT2D eigenvalue weighted by Gasteiger charge is -2.03. The number of hydrogen-bond donors (Lipinski definition) is 0. The summed E-state index contributed by atoms with van der Waals surface area (Å²) in [5, 5.41) is 2.51. The van der Waals surface area contributed by atoms with Crippen molar-refractivity contribution in [3.8, 4) is 22.8 Å². The molecule has 190 valence electrons. The van der Waals surface area contributed by atoms with E-state index in [2.05, 4.69) is 98.9 Å². The van der Waals surface area contributed by atoms with Crippen LogP contribution in [0.2, 0.25) is 0 Å². The standard InChI is InChI=1S/C13H13BrN2.C12H10Br2N2.C3H9N/c1-2-10-3-5-15-12(7-10)13-8-11(9-14)4-6-16-13;13-7-9-1-3-15-11(5-9)12-6-10(8-14)2-4-16-12;1-4(2)3/h3-8H,2,9H2,1H3;1-6H,7-8H2;1-3H3. The van der Waals surface area contributed by atoms with Gasteiger partial charge in [-0.05, 0) is 98.3 Å². The van der Waals surface area contributed by atoms with Crippen molar-refractivity contribution in [1.82, 2.24) is 24.8 Å². The van der Waals surface area contributed by atoms with Crippen LogP contribution in [-0.4, -0.2) is 46.0 Å². The van der Waals surface area contributed by atoms with Crippen LogP contribution in [0.1, 0.15) is 29.2 Å². The topological polar surface area (TPSA) is 54.8 Å². The second kappa shape index (κ2) is 16.7. The van der Waals surface area contributed by atoms with Crippen molar-refractivity contribution in [1.29, 1.82) is 0 Å². The Morgan fingerprint density at radius 1 is 0.528 bits per heavy atom. The largest absolute Gasteiger partial charge is 0.312 e. The molecule has 4 aromatic heterocycles. The number of hydrogen-bond acceptors (Lipinski definition) is 5. The molecule has 4 heterocycles. The Bertz CT molecular complexity index is 1020. The number of pyridine rings is 4. The number of alkyl halides is 3. The average Bonchev–Trinajstić information content (AvgIpc) is 2.93. The van der Waals surface area contributed by atoms with Crippen LogP contribution in [-0.2, 0) is 22.4 Å². The summed E-state index contributed by atoms with van der Waals surface area (Å²) < 4.78 is 0. The van der Waals surface area contributed by atoms with Gasteiger partial charge in [0.15, 0.2) is 0 Å². The molecule has 0 unspecified atom stereocenters. The van der Waals surface area contributed by atoms with Crippen molar-refractivity contribution in [3.63, 3.8) is 0 Å². The van der Waals surface area contributed by atoms with E-state index in [4.69, 9.17) is 0 Å². The summed E-state index contributed by atoms with van der Waals surface area (Å²) in [5.74, 6) is 0. The minimum Gasteiger partial charge on any atom is -0.312 e. The van der Waals surface area contributed by atoms with E-state index in [1.807, 2.05) is 75.1 Å². The number of nitrogens with zero attached hydrogens (tertiary/aromatic N) is 5. The number of aryl methyl sites for hydroxylation is 1. The van der Waals surface area contributed by atoms with E-state index >= 15 is 0 Å². The first-order chi connectivity index (χ1) is 17.4. The molecular weight excluding hydrogens is 646 g/mol. The minimum atomic E-state index is 0.834. The van der Waals surface area contributed by atoms with Crippen molar-refractivity contribution in [2.45, 2.75) is 29.3 Å². The van der Waals surface area contributed by atoms with Gasteiger partial charge in [0.05, 0.1) is 22.8 Å². The quantitative estimate of drug-likeness (QED) is 0.196. The predicted molar refractivity (Wildman–Crippen MR) is 162 cm³/mol. The van der Waals surface area contributed by atoms with Gasteiger partial charge < -0.3 is 4.90 Å². The van der Waals surface area contributed by atoms with Crippen LogP contribution < -0.4 is 0 Å². The summed E-state index contributed by atoms with van der Waals surface area (Å²) in [6.45, 7) is 2.14. The van der Waals surface area contributed by atoms with E-state index in [0.29, 0.717) is 0 Å².